The molecule has 2 rings (SSSR count). The van der Waals surface area contributed by atoms with Gasteiger partial charge >= 0.3 is 0 Å². The molecule has 0 radical (unpaired) electrons. The molecule has 0 spiro atoms. The zero-order valence-corrected chi connectivity index (χ0v) is 6.97. The van der Waals surface area contributed by atoms with Crippen LogP contribution in [0.1, 0.15) is 35.0 Å². The van der Waals surface area contributed by atoms with Gasteiger partial charge in [-0.15, -0.1) is 0 Å². The van der Waals surface area contributed by atoms with Crippen molar-refractivity contribution in [1.82, 2.24) is 5.16 Å². The van der Waals surface area contributed by atoms with Crippen LogP contribution in [-0.4, -0.2) is 11.1 Å². The average Bonchev–Trinajstić information content (AvgIpc) is 2.75. The number of hydrogen-bond acceptors (Lipinski definition) is 3. The first-order valence-electron chi connectivity index (χ1n) is 3.65. The van der Waals surface area contributed by atoms with Crippen molar-refractivity contribution < 1.29 is 9.32 Å². The summed E-state index contributed by atoms with van der Waals surface area (Å²) in [6.07, 6.45) is 2.10. The van der Waals surface area contributed by atoms with Crippen LogP contribution in [0, 0.1) is 0 Å². The van der Waals surface area contributed by atoms with Gasteiger partial charge in [0.25, 0.3) is 5.91 Å². The fraction of sp³-hybridized carbons (Fsp3) is 0.429. The monoisotopic (exact) mass is 186 g/mol. The number of nitrogens with zero attached hydrogens (tertiary/aromatic N) is 1. The Morgan fingerprint density at radius 2 is 2.33 bits per heavy atom. The lowest BCUT2D eigenvalue weighted by molar-refractivity contribution is 0.0991. The number of primary amides is 1. The van der Waals surface area contributed by atoms with Crippen molar-refractivity contribution in [3.63, 3.8) is 0 Å². The summed E-state index contributed by atoms with van der Waals surface area (Å²) in [4.78, 5) is 10.7. The summed E-state index contributed by atoms with van der Waals surface area (Å²) in [7, 11) is 0. The summed E-state index contributed by atoms with van der Waals surface area (Å²) in [6.45, 7) is 0. The molecule has 0 atom stereocenters. The van der Waals surface area contributed by atoms with Crippen molar-refractivity contribution >= 4 is 17.5 Å². The molecule has 1 saturated carbocycles. The van der Waals surface area contributed by atoms with E-state index in [9.17, 15) is 4.79 Å². The van der Waals surface area contributed by atoms with E-state index in [1.54, 1.807) is 0 Å². The Morgan fingerprint density at radius 1 is 1.67 bits per heavy atom. The van der Waals surface area contributed by atoms with Crippen molar-refractivity contribution in [3.8, 4) is 0 Å². The zero-order valence-electron chi connectivity index (χ0n) is 6.21. The van der Waals surface area contributed by atoms with Gasteiger partial charge in [-0.1, -0.05) is 16.8 Å². The molecule has 0 aliphatic heterocycles. The first-order chi connectivity index (χ1) is 5.70. The smallest absolute Gasteiger partial charge is 0.272 e. The van der Waals surface area contributed by atoms with E-state index < -0.39 is 5.91 Å². The van der Waals surface area contributed by atoms with E-state index >= 15 is 0 Å². The molecule has 2 N–H and O–H groups in total. The van der Waals surface area contributed by atoms with Crippen molar-refractivity contribution in [3.05, 3.63) is 16.5 Å². The molecule has 1 aromatic heterocycles. The normalized spacial score (nSPS) is 16.4. The SMILES string of the molecule is NC(=O)c1noc(C2CC2)c1Cl. The standard InChI is InChI=1S/C7H7ClN2O2/c8-4-5(7(9)11)10-12-6(4)3-1-2-3/h3H,1-2H2,(H2,9,11). The van der Waals surface area contributed by atoms with Gasteiger partial charge in [-0.3, -0.25) is 4.79 Å². The van der Waals surface area contributed by atoms with Gasteiger partial charge < -0.3 is 10.3 Å². The molecule has 0 saturated heterocycles. The molecular formula is C7H7ClN2O2. The second-order valence-corrected chi connectivity index (χ2v) is 3.23. The van der Waals surface area contributed by atoms with Crippen LogP contribution in [-0.2, 0) is 0 Å². The molecule has 1 aliphatic rings. The number of rotatable bonds is 2. The van der Waals surface area contributed by atoms with Gasteiger partial charge in [-0.2, -0.15) is 0 Å². The maximum Gasteiger partial charge on any atom is 0.272 e. The Morgan fingerprint density at radius 3 is 2.75 bits per heavy atom. The molecule has 0 bridgehead atoms. The first-order valence-corrected chi connectivity index (χ1v) is 4.03. The molecular weight excluding hydrogens is 180 g/mol. The number of amides is 1. The minimum absolute atomic E-state index is 0.0403. The van der Waals surface area contributed by atoms with Crippen LogP contribution < -0.4 is 5.73 Å². The lowest BCUT2D eigenvalue weighted by Crippen LogP contribution is -2.11. The highest BCUT2D eigenvalue weighted by Gasteiger charge is 2.32. The Hall–Kier alpha value is -1.03. The quantitative estimate of drug-likeness (QED) is 0.757. The van der Waals surface area contributed by atoms with Crippen LogP contribution >= 0.6 is 11.6 Å². The maximum atomic E-state index is 10.7. The number of carbonyl (C=O) groups is 1. The van der Waals surface area contributed by atoms with Crippen LogP contribution in [0.3, 0.4) is 0 Å². The van der Waals surface area contributed by atoms with Crippen LogP contribution in [0.5, 0.6) is 0 Å². The van der Waals surface area contributed by atoms with Gasteiger partial charge in [-0.05, 0) is 12.8 Å². The molecule has 1 aromatic rings. The Kier molecular flexibility index (Phi) is 1.58. The summed E-state index contributed by atoms with van der Waals surface area (Å²) < 4.78 is 4.90. The minimum atomic E-state index is -0.643. The fourth-order valence-electron chi connectivity index (χ4n) is 1.04. The highest BCUT2D eigenvalue weighted by atomic mass is 35.5. The number of aromatic nitrogens is 1. The lowest BCUT2D eigenvalue weighted by atomic mass is 10.3. The van der Waals surface area contributed by atoms with E-state index in [4.69, 9.17) is 21.9 Å². The van der Waals surface area contributed by atoms with Crippen molar-refractivity contribution in [2.24, 2.45) is 5.73 Å². The summed E-state index contributed by atoms with van der Waals surface area (Å²) in [5.74, 6) is 0.305. The second kappa shape index (κ2) is 2.48. The Labute approximate surface area is 73.7 Å². The number of nitrogens with two attached hydrogens (primary N) is 1. The van der Waals surface area contributed by atoms with Gasteiger partial charge in [0.1, 0.15) is 5.02 Å². The van der Waals surface area contributed by atoms with Gasteiger partial charge in [0.05, 0.1) is 0 Å². The molecule has 1 fully saturated rings. The Balaban J connectivity index is 2.39. The molecule has 12 heavy (non-hydrogen) atoms. The molecule has 64 valence electrons. The van der Waals surface area contributed by atoms with E-state index in [2.05, 4.69) is 5.16 Å². The van der Waals surface area contributed by atoms with Crippen LogP contribution in [0.4, 0.5) is 0 Å². The highest BCUT2D eigenvalue weighted by molar-refractivity contribution is 6.34. The van der Waals surface area contributed by atoms with E-state index in [0.717, 1.165) is 12.8 Å². The third-order valence-electron chi connectivity index (χ3n) is 1.84. The predicted octanol–water partition coefficient (Wildman–Crippen LogP) is 1.30. The highest BCUT2D eigenvalue weighted by Crippen LogP contribution is 2.43. The molecule has 5 heteroatoms. The Bertz CT molecular complexity index is 330. The van der Waals surface area contributed by atoms with Crippen molar-refractivity contribution in [2.75, 3.05) is 0 Å². The first kappa shape index (κ1) is 7.61. The molecule has 1 heterocycles. The number of hydrogen-bond donors (Lipinski definition) is 1. The molecule has 0 aromatic carbocycles. The van der Waals surface area contributed by atoms with E-state index in [1.165, 1.54) is 0 Å². The van der Waals surface area contributed by atoms with Gasteiger partial charge in [0.15, 0.2) is 11.5 Å². The molecule has 0 unspecified atom stereocenters. The van der Waals surface area contributed by atoms with Gasteiger partial charge in [-0.25, -0.2) is 0 Å². The second-order valence-electron chi connectivity index (χ2n) is 2.85. The zero-order chi connectivity index (χ0) is 8.72. The summed E-state index contributed by atoms with van der Waals surface area (Å²) in [6, 6.07) is 0. The predicted molar refractivity (Wildman–Crippen MR) is 42.0 cm³/mol. The number of halogens is 1. The summed E-state index contributed by atoms with van der Waals surface area (Å²) in [5.41, 5.74) is 5.04. The van der Waals surface area contributed by atoms with Crippen LogP contribution in [0.25, 0.3) is 0 Å². The summed E-state index contributed by atoms with van der Waals surface area (Å²) >= 11 is 5.80. The minimum Gasteiger partial charge on any atom is -0.364 e. The molecule has 1 aliphatic carbocycles. The van der Waals surface area contributed by atoms with Crippen LogP contribution in [0.2, 0.25) is 5.02 Å². The largest absolute Gasteiger partial charge is 0.364 e. The molecule has 1 amide bonds. The van der Waals surface area contributed by atoms with E-state index in [1.807, 2.05) is 0 Å². The third-order valence-corrected chi connectivity index (χ3v) is 2.21. The van der Waals surface area contributed by atoms with Gasteiger partial charge in [0, 0.05) is 5.92 Å². The molecule has 4 nitrogen and oxygen atoms in total. The number of carbonyl (C=O) groups excluding carboxylic acids is 1. The fourth-order valence-corrected chi connectivity index (χ4v) is 1.36. The lowest BCUT2D eigenvalue weighted by Gasteiger charge is -1.88. The maximum absolute atomic E-state index is 10.7. The van der Waals surface area contributed by atoms with E-state index in [0.29, 0.717) is 11.7 Å². The van der Waals surface area contributed by atoms with Crippen LogP contribution in [0.15, 0.2) is 4.52 Å². The van der Waals surface area contributed by atoms with Crippen molar-refractivity contribution in [1.29, 1.82) is 0 Å². The average molecular weight is 187 g/mol. The summed E-state index contributed by atoms with van der Waals surface area (Å²) in [5, 5.41) is 3.78. The van der Waals surface area contributed by atoms with Crippen molar-refractivity contribution in [2.45, 2.75) is 18.8 Å². The third kappa shape index (κ3) is 1.08. The van der Waals surface area contributed by atoms with E-state index in [-0.39, 0.29) is 10.7 Å². The van der Waals surface area contributed by atoms with Gasteiger partial charge in [0.2, 0.25) is 0 Å². The topological polar surface area (TPSA) is 69.1 Å².